The summed E-state index contributed by atoms with van der Waals surface area (Å²) in [7, 11) is 0. The summed E-state index contributed by atoms with van der Waals surface area (Å²) in [6.07, 6.45) is 5.35. The molecule has 0 radical (unpaired) electrons. The molecular weight excluding hydrogens is 396 g/mol. The van der Waals surface area contributed by atoms with Gasteiger partial charge in [-0.2, -0.15) is 10.1 Å². The van der Waals surface area contributed by atoms with Crippen LogP contribution in [-0.4, -0.2) is 79.3 Å². The lowest BCUT2D eigenvalue weighted by Gasteiger charge is -2.43. The van der Waals surface area contributed by atoms with Crippen molar-refractivity contribution in [1.82, 2.24) is 33.9 Å². The average molecular weight is 418 g/mol. The van der Waals surface area contributed by atoms with Crippen molar-refractivity contribution in [2.75, 3.05) is 44.3 Å². The monoisotopic (exact) mass is 418 g/mol. The van der Waals surface area contributed by atoms with Crippen LogP contribution in [0.1, 0.15) is 5.82 Å². The Balaban J connectivity index is 1.29. The lowest BCUT2D eigenvalue weighted by atomic mass is 10.1. The highest BCUT2D eigenvalue weighted by molar-refractivity contribution is 5.62. The summed E-state index contributed by atoms with van der Waals surface area (Å²) in [6.45, 7) is 7.40. The second kappa shape index (κ2) is 7.10. The van der Waals surface area contributed by atoms with Crippen LogP contribution in [0.15, 0.2) is 41.6 Å². The molecule has 10 heteroatoms. The summed E-state index contributed by atoms with van der Waals surface area (Å²) < 4.78 is 8.52. The first kappa shape index (κ1) is 18.4. The lowest BCUT2D eigenvalue weighted by molar-refractivity contribution is -0.0660. The predicted molar refractivity (Wildman–Crippen MR) is 114 cm³/mol. The molecule has 2 saturated heterocycles. The number of pyridine rings is 1. The summed E-state index contributed by atoms with van der Waals surface area (Å²) in [5.74, 6) is 1.17. The molecule has 158 valence electrons. The molecule has 2 aliphatic heterocycles. The van der Waals surface area contributed by atoms with Gasteiger partial charge in [-0.05, 0) is 19.1 Å². The minimum Gasteiger partial charge on any atom is -0.378 e. The highest BCUT2D eigenvalue weighted by Crippen LogP contribution is 2.21. The number of aromatic nitrogens is 6. The van der Waals surface area contributed by atoms with Crippen molar-refractivity contribution in [1.29, 1.82) is 0 Å². The summed E-state index contributed by atoms with van der Waals surface area (Å²) >= 11 is 0. The highest BCUT2D eigenvalue weighted by atomic mass is 16.5. The Hall–Kier alpha value is -3.37. The van der Waals surface area contributed by atoms with E-state index in [1.54, 1.807) is 21.3 Å². The molecule has 0 bridgehead atoms. The van der Waals surface area contributed by atoms with Gasteiger partial charge in [0.05, 0.1) is 30.6 Å². The zero-order valence-corrected chi connectivity index (χ0v) is 17.2. The molecule has 6 heterocycles. The highest BCUT2D eigenvalue weighted by Gasteiger charge is 2.29. The van der Waals surface area contributed by atoms with Gasteiger partial charge in [0.1, 0.15) is 11.5 Å². The van der Waals surface area contributed by atoms with Crippen molar-refractivity contribution in [3.05, 3.63) is 53.0 Å². The van der Waals surface area contributed by atoms with Crippen molar-refractivity contribution in [2.45, 2.75) is 13.0 Å². The van der Waals surface area contributed by atoms with Crippen LogP contribution < -0.4 is 10.5 Å². The standard InChI is InChI=1S/C21H22N8O2/c1-14-23-21-22-9-15(10-29(21)25-14)18-8-20(30)28-11-16(2-3-19(28)24-18)26-4-6-27(7-5-26)17-12-31-13-17/h2-3,8-11,17H,4-7,12-13H2,1H3. The molecule has 0 saturated carbocycles. The van der Waals surface area contributed by atoms with E-state index in [1.807, 2.05) is 25.3 Å². The van der Waals surface area contributed by atoms with Crippen LogP contribution in [0.25, 0.3) is 22.7 Å². The number of aryl methyl sites for hydroxylation is 1. The fourth-order valence-corrected chi connectivity index (χ4v) is 4.22. The molecule has 0 aromatic carbocycles. The number of ether oxygens (including phenoxy) is 1. The first-order chi connectivity index (χ1) is 15.1. The fraction of sp³-hybridized carbons (Fsp3) is 0.381. The minimum absolute atomic E-state index is 0.123. The van der Waals surface area contributed by atoms with Crippen LogP contribution in [0, 0.1) is 6.92 Å². The Bertz CT molecular complexity index is 1330. The van der Waals surface area contributed by atoms with Crippen LogP contribution in [0.2, 0.25) is 0 Å². The van der Waals surface area contributed by atoms with E-state index in [0.717, 1.165) is 50.6 Å². The molecule has 0 amide bonds. The smallest absolute Gasteiger partial charge is 0.258 e. The van der Waals surface area contributed by atoms with E-state index in [9.17, 15) is 4.79 Å². The molecule has 2 aliphatic rings. The molecule has 0 atom stereocenters. The molecular formula is C21H22N8O2. The number of hydrogen-bond donors (Lipinski definition) is 0. The first-order valence-corrected chi connectivity index (χ1v) is 10.4. The summed E-state index contributed by atoms with van der Waals surface area (Å²) in [6, 6.07) is 6.05. The van der Waals surface area contributed by atoms with Gasteiger partial charge in [-0.3, -0.25) is 14.1 Å². The molecule has 2 fully saturated rings. The van der Waals surface area contributed by atoms with Crippen LogP contribution >= 0.6 is 0 Å². The minimum atomic E-state index is -0.123. The molecule has 6 rings (SSSR count). The topological polar surface area (TPSA) is 93.2 Å². The maximum Gasteiger partial charge on any atom is 0.258 e. The number of fused-ring (bicyclic) bond motifs is 2. The van der Waals surface area contributed by atoms with Crippen molar-refractivity contribution in [3.63, 3.8) is 0 Å². The van der Waals surface area contributed by atoms with Crippen LogP contribution in [0.4, 0.5) is 5.69 Å². The molecule has 0 N–H and O–H groups in total. The van der Waals surface area contributed by atoms with E-state index in [1.165, 1.54) is 6.07 Å². The van der Waals surface area contributed by atoms with Gasteiger partial charge in [0, 0.05) is 56.4 Å². The largest absolute Gasteiger partial charge is 0.378 e. The third kappa shape index (κ3) is 3.24. The van der Waals surface area contributed by atoms with E-state index < -0.39 is 0 Å². The zero-order chi connectivity index (χ0) is 20.9. The second-order valence-corrected chi connectivity index (χ2v) is 8.06. The summed E-state index contributed by atoms with van der Waals surface area (Å²) in [5.41, 5.74) is 2.80. The Labute approximate surface area is 177 Å². The predicted octanol–water partition coefficient (Wildman–Crippen LogP) is 0.628. The van der Waals surface area contributed by atoms with Crippen LogP contribution in [0.5, 0.6) is 0 Å². The first-order valence-electron chi connectivity index (χ1n) is 10.4. The molecule has 10 nitrogen and oxygen atoms in total. The molecule has 4 aromatic heterocycles. The summed E-state index contributed by atoms with van der Waals surface area (Å²) in [4.78, 5) is 30.9. The Kier molecular flexibility index (Phi) is 4.22. The van der Waals surface area contributed by atoms with E-state index in [-0.39, 0.29) is 5.56 Å². The number of piperazine rings is 1. The fourth-order valence-electron chi connectivity index (χ4n) is 4.22. The number of rotatable bonds is 3. The number of nitrogens with zero attached hydrogens (tertiary/aromatic N) is 8. The number of anilines is 1. The van der Waals surface area contributed by atoms with Crippen molar-refractivity contribution < 1.29 is 4.74 Å². The molecule has 0 aliphatic carbocycles. The van der Waals surface area contributed by atoms with Gasteiger partial charge in [0.15, 0.2) is 0 Å². The van der Waals surface area contributed by atoms with Gasteiger partial charge in [-0.25, -0.2) is 14.5 Å². The van der Waals surface area contributed by atoms with Crippen LogP contribution in [-0.2, 0) is 4.74 Å². The molecule has 31 heavy (non-hydrogen) atoms. The van der Waals surface area contributed by atoms with Gasteiger partial charge in [0.2, 0.25) is 0 Å². The van der Waals surface area contributed by atoms with Gasteiger partial charge in [-0.15, -0.1) is 0 Å². The van der Waals surface area contributed by atoms with Gasteiger partial charge >= 0.3 is 0 Å². The van der Waals surface area contributed by atoms with Gasteiger partial charge < -0.3 is 9.64 Å². The van der Waals surface area contributed by atoms with Crippen molar-refractivity contribution in [3.8, 4) is 11.3 Å². The molecule has 0 spiro atoms. The van der Waals surface area contributed by atoms with Gasteiger partial charge in [0.25, 0.3) is 11.3 Å². The maximum atomic E-state index is 12.9. The normalized spacial score (nSPS) is 18.0. The average Bonchev–Trinajstić information content (AvgIpc) is 3.12. The number of hydrogen-bond acceptors (Lipinski definition) is 8. The quantitative estimate of drug-likeness (QED) is 0.478. The third-order valence-electron chi connectivity index (χ3n) is 6.06. The lowest BCUT2D eigenvalue weighted by Crippen LogP contribution is -2.56. The SMILES string of the molecule is Cc1nc2ncc(-c3cc(=O)n4cc(N5CCN(C6COC6)CC5)ccc4n3)cn2n1. The van der Waals surface area contributed by atoms with Crippen molar-refractivity contribution in [2.24, 2.45) is 0 Å². The molecule has 0 unspecified atom stereocenters. The van der Waals surface area contributed by atoms with Gasteiger partial charge in [-0.1, -0.05) is 0 Å². The van der Waals surface area contributed by atoms with E-state index in [0.29, 0.717) is 29.0 Å². The van der Waals surface area contributed by atoms with Crippen molar-refractivity contribution >= 4 is 17.1 Å². The van der Waals surface area contributed by atoms with E-state index in [2.05, 4.69) is 29.9 Å². The maximum absolute atomic E-state index is 12.9. The second-order valence-electron chi connectivity index (χ2n) is 8.06. The third-order valence-corrected chi connectivity index (χ3v) is 6.06. The Morgan fingerprint density at radius 2 is 1.90 bits per heavy atom. The zero-order valence-electron chi connectivity index (χ0n) is 17.2. The summed E-state index contributed by atoms with van der Waals surface area (Å²) in [5, 5.41) is 4.29. The van der Waals surface area contributed by atoms with Crippen LogP contribution in [0.3, 0.4) is 0 Å². The van der Waals surface area contributed by atoms with E-state index in [4.69, 9.17) is 4.74 Å². The Morgan fingerprint density at radius 1 is 1.06 bits per heavy atom. The Morgan fingerprint density at radius 3 is 2.68 bits per heavy atom. The van der Waals surface area contributed by atoms with E-state index >= 15 is 0 Å². The molecule has 4 aromatic rings.